The van der Waals surface area contributed by atoms with Crippen molar-refractivity contribution in [2.45, 2.75) is 43.9 Å². The number of hydrogen-bond acceptors (Lipinski definition) is 5. The van der Waals surface area contributed by atoms with Gasteiger partial charge in [-0.15, -0.1) is 0 Å². The van der Waals surface area contributed by atoms with E-state index in [0.29, 0.717) is 11.9 Å². The number of hydrogen-bond donors (Lipinski definition) is 0. The fourth-order valence-electron chi connectivity index (χ4n) is 5.24. The minimum absolute atomic E-state index is 0.131. The normalized spacial score (nSPS) is 25.7. The van der Waals surface area contributed by atoms with E-state index in [1.807, 2.05) is 42.7 Å². The lowest BCUT2D eigenvalue weighted by atomic mass is 9.87. The van der Waals surface area contributed by atoms with Gasteiger partial charge in [0.1, 0.15) is 11.9 Å². The van der Waals surface area contributed by atoms with Crippen LogP contribution in [0.2, 0.25) is 0 Å². The fourth-order valence-corrected chi connectivity index (χ4v) is 5.24. The first-order valence-electron chi connectivity index (χ1n) is 11.5. The molecule has 3 fully saturated rings. The number of carbonyl (C=O) groups excluding carboxylic acids is 1. The zero-order chi connectivity index (χ0) is 21.0. The van der Waals surface area contributed by atoms with E-state index >= 15 is 0 Å². The molecule has 164 valence electrons. The number of piperidine rings is 1. The summed E-state index contributed by atoms with van der Waals surface area (Å²) in [5.41, 5.74) is 1.25. The molecule has 0 unspecified atom stereocenters. The summed E-state index contributed by atoms with van der Waals surface area (Å²) in [5, 5.41) is 0. The van der Waals surface area contributed by atoms with Crippen LogP contribution in [0.3, 0.4) is 0 Å². The molecule has 6 heteroatoms. The van der Waals surface area contributed by atoms with Crippen molar-refractivity contribution >= 4 is 5.91 Å². The Hall–Kier alpha value is -2.44. The predicted octanol–water partition coefficient (Wildman–Crippen LogP) is 3.30. The number of carbonyl (C=O) groups is 1. The van der Waals surface area contributed by atoms with Gasteiger partial charge >= 0.3 is 0 Å². The van der Waals surface area contributed by atoms with Gasteiger partial charge in [-0.05, 0) is 55.5 Å². The van der Waals surface area contributed by atoms with Gasteiger partial charge in [-0.25, -0.2) is 0 Å². The van der Waals surface area contributed by atoms with E-state index in [1.54, 1.807) is 0 Å². The standard InChI is InChI=1S/C25H31N3O3/c29-25(20-10-16-30-17-11-20)27-14-8-21(9-15-27)28-18-23(31-22-4-2-1-3-5-22)24(28)19-6-12-26-13-7-19/h1-7,12-13,20-21,23-24H,8-11,14-18H2/t23-,24-/m0/s1. The van der Waals surface area contributed by atoms with Gasteiger partial charge < -0.3 is 14.4 Å². The third-order valence-corrected chi connectivity index (χ3v) is 6.99. The van der Waals surface area contributed by atoms with E-state index in [0.717, 1.165) is 64.3 Å². The molecule has 0 spiro atoms. The Balaban J connectivity index is 1.23. The first-order chi connectivity index (χ1) is 15.3. The molecule has 0 saturated carbocycles. The summed E-state index contributed by atoms with van der Waals surface area (Å²) in [4.78, 5) is 21.7. The average Bonchev–Trinajstić information content (AvgIpc) is 2.83. The molecule has 1 amide bonds. The summed E-state index contributed by atoms with van der Waals surface area (Å²) in [6.07, 6.45) is 7.64. The monoisotopic (exact) mass is 421 g/mol. The van der Waals surface area contributed by atoms with Gasteiger partial charge in [0.2, 0.25) is 5.91 Å². The van der Waals surface area contributed by atoms with Crippen molar-refractivity contribution in [3.63, 3.8) is 0 Å². The maximum Gasteiger partial charge on any atom is 0.225 e. The van der Waals surface area contributed by atoms with Crippen LogP contribution in [0.15, 0.2) is 54.9 Å². The van der Waals surface area contributed by atoms with Crippen LogP contribution in [0.1, 0.15) is 37.3 Å². The van der Waals surface area contributed by atoms with Gasteiger partial charge in [0.25, 0.3) is 0 Å². The van der Waals surface area contributed by atoms with Gasteiger partial charge in [0, 0.05) is 57.2 Å². The largest absolute Gasteiger partial charge is 0.487 e. The highest BCUT2D eigenvalue weighted by molar-refractivity contribution is 5.79. The lowest BCUT2D eigenvalue weighted by molar-refractivity contribution is -0.142. The van der Waals surface area contributed by atoms with E-state index < -0.39 is 0 Å². The summed E-state index contributed by atoms with van der Waals surface area (Å²) >= 11 is 0. The molecule has 0 radical (unpaired) electrons. The van der Waals surface area contributed by atoms with E-state index in [9.17, 15) is 4.79 Å². The maximum atomic E-state index is 12.9. The van der Waals surface area contributed by atoms with Crippen molar-refractivity contribution in [3.05, 3.63) is 60.4 Å². The molecule has 0 N–H and O–H groups in total. The van der Waals surface area contributed by atoms with Crippen LogP contribution in [0.4, 0.5) is 0 Å². The Morgan fingerprint density at radius 1 is 0.968 bits per heavy atom. The number of benzene rings is 1. The summed E-state index contributed by atoms with van der Waals surface area (Å²) in [7, 11) is 0. The minimum Gasteiger partial charge on any atom is -0.487 e. The Morgan fingerprint density at radius 3 is 2.39 bits per heavy atom. The van der Waals surface area contributed by atoms with Crippen molar-refractivity contribution in [1.29, 1.82) is 0 Å². The number of ether oxygens (including phenoxy) is 2. The van der Waals surface area contributed by atoms with Crippen LogP contribution in [-0.2, 0) is 9.53 Å². The molecule has 2 atom stereocenters. The number of aromatic nitrogens is 1. The van der Waals surface area contributed by atoms with E-state index in [2.05, 4.69) is 26.9 Å². The van der Waals surface area contributed by atoms with E-state index in [-0.39, 0.29) is 18.1 Å². The highest BCUT2D eigenvalue weighted by Crippen LogP contribution is 2.40. The van der Waals surface area contributed by atoms with Crippen LogP contribution >= 0.6 is 0 Å². The molecule has 3 aliphatic rings. The van der Waals surface area contributed by atoms with Crippen LogP contribution in [0, 0.1) is 5.92 Å². The molecule has 0 bridgehead atoms. The predicted molar refractivity (Wildman–Crippen MR) is 118 cm³/mol. The first kappa shape index (κ1) is 20.5. The highest BCUT2D eigenvalue weighted by Gasteiger charge is 2.46. The second-order valence-corrected chi connectivity index (χ2v) is 8.83. The minimum atomic E-state index is 0.131. The van der Waals surface area contributed by atoms with Gasteiger partial charge in [0.15, 0.2) is 0 Å². The molecule has 3 saturated heterocycles. The molecular formula is C25H31N3O3. The third kappa shape index (κ3) is 4.46. The quantitative estimate of drug-likeness (QED) is 0.742. The lowest BCUT2D eigenvalue weighted by Crippen LogP contribution is -2.62. The van der Waals surface area contributed by atoms with Crippen molar-refractivity contribution < 1.29 is 14.3 Å². The fraction of sp³-hybridized carbons (Fsp3) is 0.520. The third-order valence-electron chi connectivity index (χ3n) is 6.99. The van der Waals surface area contributed by atoms with Crippen molar-refractivity contribution in [2.24, 2.45) is 5.92 Å². The molecule has 4 heterocycles. The van der Waals surface area contributed by atoms with E-state index in [4.69, 9.17) is 9.47 Å². The number of rotatable bonds is 5. The van der Waals surface area contributed by atoms with E-state index in [1.165, 1.54) is 5.56 Å². The maximum absolute atomic E-state index is 12.9. The van der Waals surface area contributed by atoms with Gasteiger partial charge in [-0.1, -0.05) is 18.2 Å². The van der Waals surface area contributed by atoms with Crippen LogP contribution in [0.5, 0.6) is 5.75 Å². The van der Waals surface area contributed by atoms with Crippen molar-refractivity contribution in [3.8, 4) is 5.75 Å². The molecule has 6 nitrogen and oxygen atoms in total. The summed E-state index contributed by atoms with van der Waals surface area (Å²) in [6.45, 7) is 4.06. The topological polar surface area (TPSA) is 54.9 Å². The first-order valence-corrected chi connectivity index (χ1v) is 11.5. The Morgan fingerprint density at radius 2 is 1.68 bits per heavy atom. The zero-order valence-corrected chi connectivity index (χ0v) is 17.9. The van der Waals surface area contributed by atoms with Crippen LogP contribution in [0.25, 0.3) is 0 Å². The number of para-hydroxylation sites is 1. The molecule has 0 aliphatic carbocycles. The number of nitrogens with zero attached hydrogens (tertiary/aromatic N) is 3. The average molecular weight is 422 g/mol. The second kappa shape index (κ2) is 9.37. The molecule has 1 aromatic carbocycles. The smallest absolute Gasteiger partial charge is 0.225 e. The molecule has 2 aromatic rings. The molecule has 1 aromatic heterocycles. The van der Waals surface area contributed by atoms with Gasteiger partial charge in [-0.3, -0.25) is 14.7 Å². The molecule has 3 aliphatic heterocycles. The Labute approximate surface area is 184 Å². The zero-order valence-electron chi connectivity index (χ0n) is 17.9. The molecule has 31 heavy (non-hydrogen) atoms. The number of amides is 1. The summed E-state index contributed by atoms with van der Waals surface area (Å²) in [6, 6.07) is 15.0. The number of pyridine rings is 1. The molecule has 5 rings (SSSR count). The Bertz CT molecular complexity index is 849. The van der Waals surface area contributed by atoms with Crippen molar-refractivity contribution in [2.75, 3.05) is 32.8 Å². The molecular weight excluding hydrogens is 390 g/mol. The summed E-state index contributed by atoms with van der Waals surface area (Å²) < 4.78 is 11.8. The van der Waals surface area contributed by atoms with Gasteiger partial charge in [0.05, 0.1) is 6.04 Å². The van der Waals surface area contributed by atoms with Crippen LogP contribution in [-0.4, -0.2) is 65.7 Å². The second-order valence-electron chi connectivity index (χ2n) is 8.83. The SMILES string of the molecule is O=C(C1CCOCC1)N1CCC(N2C[C@H](Oc3ccccc3)[C@@H]2c2ccncc2)CC1. The van der Waals surface area contributed by atoms with Gasteiger partial charge in [-0.2, -0.15) is 0 Å². The van der Waals surface area contributed by atoms with Crippen LogP contribution < -0.4 is 4.74 Å². The van der Waals surface area contributed by atoms with Crippen molar-refractivity contribution in [1.82, 2.24) is 14.8 Å². The lowest BCUT2D eigenvalue weighted by Gasteiger charge is -2.53. The summed E-state index contributed by atoms with van der Waals surface area (Å²) in [5.74, 6) is 1.41. The Kier molecular flexibility index (Phi) is 6.18. The highest BCUT2D eigenvalue weighted by atomic mass is 16.5. The number of likely N-dealkylation sites (tertiary alicyclic amines) is 2.